The molecule has 150 valence electrons. The van der Waals surface area contributed by atoms with Crippen LogP contribution in [0.1, 0.15) is 20.7 Å². The van der Waals surface area contributed by atoms with E-state index in [9.17, 15) is 39.8 Å². The van der Waals surface area contributed by atoms with E-state index in [1.165, 1.54) is 0 Å². The average molecular weight is 603 g/mol. The molecule has 0 unspecified atom stereocenters. The summed E-state index contributed by atoms with van der Waals surface area (Å²) in [6, 6.07) is 2.48. The van der Waals surface area contributed by atoms with Crippen LogP contribution in [-0.4, -0.2) is 67.4 Å². The summed E-state index contributed by atoms with van der Waals surface area (Å²) in [6.07, 6.45) is 0. The van der Waals surface area contributed by atoms with E-state index >= 15 is 0 Å². The number of phenols is 2. The second-order valence-corrected chi connectivity index (χ2v) is 7.13. The Balaban J connectivity index is 2.05. The zero-order valence-electron chi connectivity index (χ0n) is 13.8. The van der Waals surface area contributed by atoms with Crippen LogP contribution in [0.5, 0.6) is 23.0 Å². The summed E-state index contributed by atoms with van der Waals surface area (Å²) in [5.41, 5.74) is -3.00. The molecule has 2 rings (SSSR count). The second-order valence-electron chi connectivity index (χ2n) is 5.07. The van der Waals surface area contributed by atoms with Gasteiger partial charge in [-0.05, 0) is 0 Å². The first-order chi connectivity index (χ1) is 13.5. The number of carbonyl (C=O) groups is 2. The number of benzene rings is 2. The van der Waals surface area contributed by atoms with Crippen LogP contribution in [0.2, 0.25) is 0 Å². The van der Waals surface area contributed by atoms with Crippen molar-refractivity contribution in [3.63, 3.8) is 0 Å². The Morgan fingerprint density at radius 3 is 1.41 bits per heavy atom. The van der Waals surface area contributed by atoms with Gasteiger partial charge in [0.25, 0.3) is 0 Å². The number of rotatable bonds is 8. The summed E-state index contributed by atoms with van der Waals surface area (Å²) in [5.74, 6) is -7.66. The van der Waals surface area contributed by atoms with Gasteiger partial charge >= 0.3 is 172 Å². The van der Waals surface area contributed by atoms with Crippen molar-refractivity contribution in [1.82, 2.24) is 0 Å². The molecule has 0 aliphatic rings. The third-order valence-corrected chi connectivity index (χ3v) is 5.09. The van der Waals surface area contributed by atoms with Crippen LogP contribution in [0.3, 0.4) is 0 Å². The van der Waals surface area contributed by atoms with Gasteiger partial charge in [0.1, 0.15) is 0 Å². The summed E-state index contributed by atoms with van der Waals surface area (Å²) < 4.78 is 9.26. The maximum atomic E-state index is 11.8. The van der Waals surface area contributed by atoms with Gasteiger partial charge in [-0.2, -0.15) is 0 Å². The molecule has 0 saturated carbocycles. The molecule has 2 aromatic rings. The summed E-state index contributed by atoms with van der Waals surface area (Å²) in [4.78, 5) is 44.6. The van der Waals surface area contributed by atoms with Gasteiger partial charge in [-0.15, -0.1) is 0 Å². The molecule has 0 atom stereocenters. The normalized spacial score (nSPS) is 10.2. The molecule has 0 saturated heterocycles. The van der Waals surface area contributed by atoms with Crippen LogP contribution in [-0.2, 0) is 5.58 Å². The summed E-state index contributed by atoms with van der Waals surface area (Å²) in [5, 5.41) is 59.7. The molecule has 0 heterocycles. The third kappa shape index (κ3) is 4.78. The van der Waals surface area contributed by atoms with Gasteiger partial charge in [-0.25, -0.2) is 0 Å². The quantitative estimate of drug-likeness (QED) is 0.223. The van der Waals surface area contributed by atoms with Gasteiger partial charge in [0.15, 0.2) is 0 Å². The molecule has 0 aromatic heterocycles. The Morgan fingerprint density at radius 1 is 0.793 bits per heavy atom. The molecule has 2 radical (unpaired) electrons. The summed E-state index contributed by atoms with van der Waals surface area (Å²) >= 11 is -2.99. The number of carboxylic acids is 2. The Kier molecular flexibility index (Phi) is 6.36. The molecule has 15 heteroatoms. The van der Waals surface area contributed by atoms with Gasteiger partial charge in [-0.3, -0.25) is 0 Å². The fraction of sp³-hybridized carbons (Fsp3) is 0. The van der Waals surface area contributed by atoms with E-state index in [0.29, 0.717) is 24.3 Å². The topological polar surface area (TPSA) is 220 Å². The Hall–Kier alpha value is -3.70. The average Bonchev–Trinajstić information content (AvgIpc) is 2.59. The van der Waals surface area contributed by atoms with Crippen molar-refractivity contribution in [2.75, 3.05) is 0 Å². The molecule has 2 aromatic carbocycles. The van der Waals surface area contributed by atoms with Crippen LogP contribution >= 0.6 is 0 Å². The maximum absolute atomic E-state index is 11.8. The van der Waals surface area contributed by atoms with Crippen molar-refractivity contribution in [3.8, 4) is 23.0 Å². The van der Waals surface area contributed by atoms with Crippen LogP contribution in [0.4, 0.5) is 11.4 Å². The van der Waals surface area contributed by atoms with Crippen molar-refractivity contribution in [2.24, 2.45) is 0 Å². The molecule has 0 aliphatic carbocycles. The fourth-order valence-electron chi connectivity index (χ4n) is 2.00. The number of hydrogen-bond donors (Lipinski definition) is 4. The predicted octanol–water partition coefficient (Wildman–Crippen LogP) is -0.440. The van der Waals surface area contributed by atoms with Gasteiger partial charge in [-0.1, -0.05) is 0 Å². The number of aromatic hydroxyl groups is 2. The van der Waals surface area contributed by atoms with Crippen LogP contribution in [0.15, 0.2) is 24.3 Å². The Bertz CT molecular complexity index is 910. The SMILES string of the molecule is O=C(O)c1c([O-])cc([N+](=O)[O][Pb][O][N+](=O)c2cc([O-])c(C(=O)O)c(O)c2)cc1O. The van der Waals surface area contributed by atoms with Crippen molar-refractivity contribution in [2.45, 2.75) is 0 Å². The first-order valence-electron chi connectivity index (χ1n) is 7.11. The monoisotopic (exact) mass is 604 g/mol. The predicted molar refractivity (Wildman–Crippen MR) is 83.5 cm³/mol. The van der Waals surface area contributed by atoms with E-state index in [0.717, 1.165) is 0 Å². The summed E-state index contributed by atoms with van der Waals surface area (Å²) in [7, 11) is 0. The molecule has 0 aliphatic heterocycles. The molecular weight excluding hydrogens is 595 g/mol. The van der Waals surface area contributed by atoms with Gasteiger partial charge in [0, 0.05) is 0 Å². The van der Waals surface area contributed by atoms with E-state index in [4.69, 9.17) is 10.2 Å². The standard InChI is InChI=1S/2C7H5NO6.Pb/c2*9-4-1-3(8(13)14)2-5(10)6(4)7(11)12;/h2*1-2,9-10H,(H,11,12);/q;;+2/p-2. The van der Waals surface area contributed by atoms with Crippen molar-refractivity contribution < 1.29 is 55.7 Å². The molecule has 0 fully saturated rings. The number of aromatic carboxylic acids is 2. The van der Waals surface area contributed by atoms with Crippen LogP contribution < -0.4 is 10.2 Å². The van der Waals surface area contributed by atoms with Gasteiger partial charge in [0.05, 0.1) is 0 Å². The molecule has 29 heavy (non-hydrogen) atoms. The van der Waals surface area contributed by atoms with Crippen molar-refractivity contribution in [3.05, 3.63) is 45.2 Å². The minimum absolute atomic E-state index is 0.270. The Morgan fingerprint density at radius 2 is 1.14 bits per heavy atom. The molecular formula is C14H8N2O12Pb. The van der Waals surface area contributed by atoms with Crippen molar-refractivity contribution in [1.29, 1.82) is 0 Å². The van der Waals surface area contributed by atoms with E-state index in [1.54, 1.807) is 0 Å². The van der Waals surface area contributed by atoms with Gasteiger partial charge < -0.3 is 0 Å². The van der Waals surface area contributed by atoms with Crippen LogP contribution in [0, 0.1) is 9.81 Å². The fourth-order valence-corrected chi connectivity index (χ4v) is 3.48. The van der Waals surface area contributed by atoms with Crippen molar-refractivity contribution >= 4 is 48.5 Å². The molecule has 4 N–H and O–H groups in total. The van der Waals surface area contributed by atoms with E-state index in [-0.39, 0.29) is 9.85 Å². The number of hydrogen-bond acceptors (Lipinski definition) is 10. The zero-order valence-corrected chi connectivity index (χ0v) is 17.6. The van der Waals surface area contributed by atoms with Gasteiger partial charge in [0.2, 0.25) is 0 Å². The van der Waals surface area contributed by atoms with E-state index in [1.807, 2.05) is 0 Å². The third-order valence-electron chi connectivity index (χ3n) is 3.22. The molecule has 14 nitrogen and oxygen atoms in total. The zero-order chi connectivity index (χ0) is 21.9. The second kappa shape index (κ2) is 8.54. The van der Waals surface area contributed by atoms with E-state index in [2.05, 4.69) is 5.58 Å². The number of nitrogens with zero attached hydrogens (tertiary/aromatic N) is 2. The Labute approximate surface area is 172 Å². The van der Waals surface area contributed by atoms with Crippen LogP contribution in [0.25, 0.3) is 0 Å². The molecule has 0 bridgehead atoms. The van der Waals surface area contributed by atoms with E-state index < -0.39 is 82.6 Å². The minimum atomic E-state index is -2.99. The molecule has 0 spiro atoms. The number of carboxylic acid groups (broad SMARTS) is 2. The first kappa shape index (κ1) is 21.6. The summed E-state index contributed by atoms with van der Waals surface area (Å²) in [6.45, 7) is 0. The molecule has 0 amide bonds. The first-order valence-corrected chi connectivity index (χ1v) is 10.3.